The fraction of sp³-hybridized carbons (Fsp3) is 0.545. The summed E-state index contributed by atoms with van der Waals surface area (Å²) in [6.07, 6.45) is 1.65. The van der Waals surface area contributed by atoms with Crippen LogP contribution in [0.5, 0.6) is 0 Å². The molecule has 0 fully saturated rings. The number of halogens is 1. The van der Waals surface area contributed by atoms with Gasteiger partial charge < -0.3 is 4.90 Å². The molecule has 1 rings (SSSR count). The van der Waals surface area contributed by atoms with Crippen LogP contribution in [0.1, 0.15) is 26.3 Å². The molecule has 3 heteroatoms. The Kier molecular flexibility index (Phi) is 2.79. The van der Waals surface area contributed by atoms with E-state index in [9.17, 15) is 4.39 Å². The van der Waals surface area contributed by atoms with Crippen LogP contribution >= 0.6 is 0 Å². The zero-order valence-electron chi connectivity index (χ0n) is 9.43. The Labute approximate surface area is 84.8 Å². The summed E-state index contributed by atoms with van der Waals surface area (Å²) in [4.78, 5) is 5.69. The maximum atomic E-state index is 13.9. The summed E-state index contributed by atoms with van der Waals surface area (Å²) in [5, 5.41) is 0. The first-order chi connectivity index (χ1) is 6.34. The maximum Gasteiger partial charge on any atom is 0.169 e. The normalized spacial score (nSPS) is 11.6. The molecule has 0 saturated heterocycles. The third-order valence-corrected chi connectivity index (χ3v) is 2.10. The molecule has 0 N–H and O–H groups in total. The molecule has 0 aliphatic heterocycles. The molecule has 1 heterocycles. The molecule has 1 aromatic heterocycles. The van der Waals surface area contributed by atoms with Crippen molar-refractivity contribution in [3.63, 3.8) is 0 Å². The number of rotatable bonds is 1. The van der Waals surface area contributed by atoms with Crippen LogP contribution in [0, 0.1) is 5.82 Å². The zero-order chi connectivity index (χ0) is 10.9. The Bertz CT molecular complexity index is 327. The minimum absolute atomic E-state index is 0.183. The Morgan fingerprint density at radius 1 is 1.29 bits per heavy atom. The predicted octanol–water partition coefficient (Wildman–Crippen LogP) is 2.58. The first-order valence-corrected chi connectivity index (χ1v) is 4.66. The van der Waals surface area contributed by atoms with Gasteiger partial charge in [-0.05, 0) is 17.0 Å². The summed E-state index contributed by atoms with van der Waals surface area (Å²) in [6, 6.07) is 1.74. The fourth-order valence-electron chi connectivity index (χ4n) is 1.32. The van der Waals surface area contributed by atoms with Gasteiger partial charge in [-0.3, -0.25) is 0 Å². The molecule has 0 saturated carbocycles. The van der Waals surface area contributed by atoms with Gasteiger partial charge in [-0.25, -0.2) is 9.37 Å². The van der Waals surface area contributed by atoms with E-state index >= 15 is 0 Å². The molecular formula is C11H17FN2. The van der Waals surface area contributed by atoms with E-state index in [0.29, 0.717) is 11.4 Å². The van der Waals surface area contributed by atoms with E-state index < -0.39 is 0 Å². The first-order valence-electron chi connectivity index (χ1n) is 4.66. The standard InChI is InChI=1S/C11H17FN2/c1-11(2,3)8-6-7-13-10(9(8)12)14(4)5/h6-7H,1-5H3. The first kappa shape index (κ1) is 11.0. The lowest BCUT2D eigenvalue weighted by atomic mass is 9.87. The molecular weight excluding hydrogens is 179 g/mol. The van der Waals surface area contributed by atoms with Gasteiger partial charge in [-0.1, -0.05) is 20.8 Å². The van der Waals surface area contributed by atoms with Crippen molar-refractivity contribution in [2.45, 2.75) is 26.2 Å². The number of aromatic nitrogens is 1. The van der Waals surface area contributed by atoms with Gasteiger partial charge >= 0.3 is 0 Å². The molecule has 14 heavy (non-hydrogen) atoms. The second-order valence-electron chi connectivity index (χ2n) is 4.64. The van der Waals surface area contributed by atoms with Crippen molar-refractivity contribution in [3.8, 4) is 0 Å². The summed E-state index contributed by atoms with van der Waals surface area (Å²) < 4.78 is 13.9. The van der Waals surface area contributed by atoms with Crippen LogP contribution in [0.4, 0.5) is 10.2 Å². The van der Waals surface area contributed by atoms with Gasteiger partial charge in [0.1, 0.15) is 0 Å². The summed E-state index contributed by atoms with van der Waals surface area (Å²) in [5.41, 5.74) is 0.522. The Hall–Kier alpha value is -1.12. The molecule has 0 bridgehead atoms. The van der Waals surface area contributed by atoms with Crippen molar-refractivity contribution in [1.29, 1.82) is 0 Å². The average molecular weight is 196 g/mol. The highest BCUT2D eigenvalue weighted by atomic mass is 19.1. The van der Waals surface area contributed by atoms with Crippen molar-refractivity contribution in [1.82, 2.24) is 4.98 Å². The summed E-state index contributed by atoms with van der Waals surface area (Å²) in [5.74, 6) is 0.183. The lowest BCUT2D eigenvalue weighted by Gasteiger charge is -2.22. The molecule has 0 aromatic carbocycles. The van der Waals surface area contributed by atoms with E-state index in [1.54, 1.807) is 31.3 Å². The van der Waals surface area contributed by atoms with Crippen LogP contribution in [0.15, 0.2) is 12.3 Å². The smallest absolute Gasteiger partial charge is 0.169 e. The van der Waals surface area contributed by atoms with Gasteiger partial charge in [0.25, 0.3) is 0 Å². The second-order valence-corrected chi connectivity index (χ2v) is 4.64. The fourth-order valence-corrected chi connectivity index (χ4v) is 1.32. The maximum absolute atomic E-state index is 13.9. The highest BCUT2D eigenvalue weighted by Gasteiger charge is 2.21. The van der Waals surface area contributed by atoms with E-state index in [-0.39, 0.29) is 11.2 Å². The molecule has 0 spiro atoms. The summed E-state index contributed by atoms with van der Waals surface area (Å²) >= 11 is 0. The van der Waals surface area contributed by atoms with E-state index in [4.69, 9.17) is 0 Å². The Morgan fingerprint density at radius 2 is 1.86 bits per heavy atom. The molecule has 78 valence electrons. The Morgan fingerprint density at radius 3 is 2.29 bits per heavy atom. The van der Waals surface area contributed by atoms with Crippen molar-refractivity contribution < 1.29 is 4.39 Å². The second kappa shape index (κ2) is 3.56. The van der Waals surface area contributed by atoms with Crippen molar-refractivity contribution in [2.75, 3.05) is 19.0 Å². The molecule has 0 unspecified atom stereocenters. The number of hydrogen-bond acceptors (Lipinski definition) is 2. The van der Waals surface area contributed by atoms with Crippen LogP contribution in [0.2, 0.25) is 0 Å². The van der Waals surface area contributed by atoms with Crippen molar-refractivity contribution in [2.24, 2.45) is 0 Å². The molecule has 1 aromatic rings. The number of pyridine rings is 1. The molecule has 0 amide bonds. The molecule has 0 aliphatic rings. The van der Waals surface area contributed by atoms with Gasteiger partial charge in [0.15, 0.2) is 11.6 Å². The van der Waals surface area contributed by atoms with E-state index in [1.807, 2.05) is 20.8 Å². The summed E-state index contributed by atoms with van der Waals surface area (Å²) in [6.45, 7) is 5.97. The van der Waals surface area contributed by atoms with E-state index in [2.05, 4.69) is 4.98 Å². The van der Waals surface area contributed by atoms with Gasteiger partial charge in [-0.15, -0.1) is 0 Å². The molecule has 0 atom stereocenters. The number of nitrogens with zero attached hydrogens (tertiary/aromatic N) is 2. The minimum atomic E-state index is -0.218. The number of hydrogen-bond donors (Lipinski definition) is 0. The predicted molar refractivity (Wildman–Crippen MR) is 57.2 cm³/mol. The SMILES string of the molecule is CN(C)c1nccc(C(C)(C)C)c1F. The van der Waals surface area contributed by atoms with Crippen LogP contribution in [-0.4, -0.2) is 19.1 Å². The zero-order valence-corrected chi connectivity index (χ0v) is 9.43. The van der Waals surface area contributed by atoms with Crippen molar-refractivity contribution in [3.05, 3.63) is 23.6 Å². The van der Waals surface area contributed by atoms with Crippen LogP contribution < -0.4 is 4.90 Å². The van der Waals surface area contributed by atoms with Gasteiger partial charge in [-0.2, -0.15) is 0 Å². The lowest BCUT2D eigenvalue weighted by molar-refractivity contribution is 0.519. The van der Waals surface area contributed by atoms with Gasteiger partial charge in [0, 0.05) is 20.3 Å². The van der Waals surface area contributed by atoms with Gasteiger partial charge in [0.05, 0.1) is 0 Å². The third kappa shape index (κ3) is 2.03. The number of anilines is 1. The highest BCUT2D eigenvalue weighted by molar-refractivity contribution is 5.43. The molecule has 0 aliphatic carbocycles. The topological polar surface area (TPSA) is 16.1 Å². The largest absolute Gasteiger partial charge is 0.360 e. The summed E-state index contributed by atoms with van der Waals surface area (Å²) in [7, 11) is 3.58. The van der Waals surface area contributed by atoms with Crippen LogP contribution in [0.3, 0.4) is 0 Å². The van der Waals surface area contributed by atoms with Crippen LogP contribution in [0.25, 0.3) is 0 Å². The Balaban J connectivity index is 3.28. The molecule has 2 nitrogen and oxygen atoms in total. The van der Waals surface area contributed by atoms with Gasteiger partial charge in [0.2, 0.25) is 0 Å². The molecule has 0 radical (unpaired) electrons. The van der Waals surface area contributed by atoms with Crippen molar-refractivity contribution >= 4 is 5.82 Å². The lowest BCUT2D eigenvalue weighted by Crippen LogP contribution is -2.19. The van der Waals surface area contributed by atoms with E-state index in [0.717, 1.165) is 0 Å². The average Bonchev–Trinajstić information content (AvgIpc) is 2.01. The van der Waals surface area contributed by atoms with E-state index in [1.165, 1.54) is 0 Å². The monoisotopic (exact) mass is 196 g/mol. The third-order valence-electron chi connectivity index (χ3n) is 2.10. The highest BCUT2D eigenvalue weighted by Crippen LogP contribution is 2.28. The minimum Gasteiger partial charge on any atom is -0.360 e. The quantitative estimate of drug-likeness (QED) is 0.686. The van der Waals surface area contributed by atoms with Crippen LogP contribution in [-0.2, 0) is 5.41 Å².